The van der Waals surface area contributed by atoms with Crippen molar-refractivity contribution in [3.8, 4) is 17.1 Å². The molecule has 0 aliphatic rings. The number of para-hydroxylation sites is 2. The van der Waals surface area contributed by atoms with Gasteiger partial charge in [-0.3, -0.25) is 4.98 Å². The van der Waals surface area contributed by atoms with Gasteiger partial charge in [0, 0.05) is 31.2 Å². The minimum atomic E-state index is 0. The Kier molecular flexibility index (Phi) is 4.42. The van der Waals surface area contributed by atoms with E-state index in [0.29, 0.717) is 0 Å². The molecule has 3 heteroatoms. The van der Waals surface area contributed by atoms with E-state index in [0.717, 1.165) is 28.1 Å². The second-order valence-electron chi connectivity index (χ2n) is 6.03. The van der Waals surface area contributed by atoms with Gasteiger partial charge in [-0.25, -0.2) is 0 Å². The predicted octanol–water partition coefficient (Wildman–Crippen LogP) is 5.64. The van der Waals surface area contributed by atoms with Gasteiger partial charge in [-0.05, 0) is 23.6 Å². The molecule has 0 aliphatic heterocycles. The van der Waals surface area contributed by atoms with Crippen molar-refractivity contribution in [2.75, 3.05) is 0 Å². The molecule has 0 unspecified atom stereocenters. The Bertz CT molecular complexity index is 1190. The average molecular weight is 512 g/mol. The van der Waals surface area contributed by atoms with Gasteiger partial charge in [-0.15, -0.1) is 35.9 Å². The number of aromatic nitrogens is 2. The maximum Gasteiger partial charge on any atom is 0.0774 e. The molecule has 1 radical (unpaired) electrons. The fourth-order valence-corrected chi connectivity index (χ4v) is 3.39. The third kappa shape index (κ3) is 2.66. The third-order valence-corrected chi connectivity index (χ3v) is 4.52. The van der Waals surface area contributed by atoms with Crippen LogP contribution < -0.4 is 0 Å². The van der Waals surface area contributed by atoms with Crippen LogP contribution in [-0.2, 0) is 20.1 Å². The molecular weight excluding hydrogens is 496 g/mol. The summed E-state index contributed by atoms with van der Waals surface area (Å²) in [5.74, 6) is 0.915. The second kappa shape index (κ2) is 6.87. The molecule has 0 saturated heterocycles. The summed E-state index contributed by atoms with van der Waals surface area (Å²) in [6.07, 6.45) is 0. The molecule has 4 aromatic carbocycles. The van der Waals surface area contributed by atoms with E-state index >= 15 is 0 Å². The van der Waals surface area contributed by atoms with E-state index < -0.39 is 0 Å². The average Bonchev–Trinajstić information content (AvgIpc) is 3.08. The van der Waals surface area contributed by atoms with Crippen LogP contribution in [0.2, 0.25) is 0 Å². The van der Waals surface area contributed by atoms with Crippen molar-refractivity contribution in [1.82, 2.24) is 9.55 Å². The number of nitrogens with zero attached hydrogens (tertiary/aromatic N) is 2. The number of fused-ring (bicyclic) bond motifs is 2. The first-order valence-corrected chi connectivity index (χ1v) is 8.34. The standard InChI is InChI=1S/C23H15N2.Ir/c1-2-10-18(11-3-1)23-24-20-14-6-7-15-22(20)25(23)21-16-8-12-17-9-4-5-13-19(17)21;/h1-10,12-16H;/q-1;. The Balaban J connectivity index is 0.00000168. The van der Waals surface area contributed by atoms with Gasteiger partial charge in [-0.2, -0.15) is 0 Å². The summed E-state index contributed by atoms with van der Waals surface area (Å²) in [6, 6.07) is 34.5. The van der Waals surface area contributed by atoms with E-state index in [1.807, 2.05) is 24.3 Å². The minimum absolute atomic E-state index is 0. The fraction of sp³-hybridized carbons (Fsp3) is 0. The molecule has 1 heterocycles. The van der Waals surface area contributed by atoms with Crippen LogP contribution in [0.15, 0.2) is 91.0 Å². The van der Waals surface area contributed by atoms with Crippen LogP contribution in [0.3, 0.4) is 0 Å². The van der Waals surface area contributed by atoms with Crippen molar-refractivity contribution in [3.05, 3.63) is 97.1 Å². The predicted molar refractivity (Wildman–Crippen MR) is 103 cm³/mol. The Morgan fingerprint density at radius 1 is 0.731 bits per heavy atom. The molecule has 5 aromatic rings. The van der Waals surface area contributed by atoms with Crippen LogP contribution >= 0.6 is 0 Å². The van der Waals surface area contributed by atoms with E-state index in [2.05, 4.69) is 77.4 Å². The Morgan fingerprint density at radius 2 is 1.50 bits per heavy atom. The normalized spacial score (nSPS) is 10.8. The van der Waals surface area contributed by atoms with E-state index in [4.69, 9.17) is 4.98 Å². The number of imidazole rings is 1. The van der Waals surface area contributed by atoms with Gasteiger partial charge in [0.1, 0.15) is 0 Å². The summed E-state index contributed by atoms with van der Waals surface area (Å²) in [5.41, 5.74) is 4.22. The summed E-state index contributed by atoms with van der Waals surface area (Å²) in [6.45, 7) is 0. The Hall–Kier alpha value is -2.74. The summed E-state index contributed by atoms with van der Waals surface area (Å²) < 4.78 is 2.24. The van der Waals surface area contributed by atoms with Crippen molar-refractivity contribution in [1.29, 1.82) is 0 Å². The van der Waals surface area contributed by atoms with Gasteiger partial charge in [0.2, 0.25) is 0 Å². The van der Waals surface area contributed by atoms with Crippen LogP contribution in [0.25, 0.3) is 38.9 Å². The smallest absolute Gasteiger partial charge is 0.0774 e. The van der Waals surface area contributed by atoms with Crippen molar-refractivity contribution < 1.29 is 20.1 Å². The summed E-state index contributed by atoms with van der Waals surface area (Å²) in [4.78, 5) is 4.90. The van der Waals surface area contributed by atoms with Crippen LogP contribution in [0.5, 0.6) is 0 Å². The summed E-state index contributed by atoms with van der Waals surface area (Å²) in [5, 5.41) is 2.44. The first-order chi connectivity index (χ1) is 12.4. The first kappa shape index (κ1) is 16.7. The molecule has 1 aromatic heterocycles. The van der Waals surface area contributed by atoms with Gasteiger partial charge in [0.25, 0.3) is 0 Å². The zero-order chi connectivity index (χ0) is 16.6. The van der Waals surface area contributed by atoms with Crippen LogP contribution in [0.4, 0.5) is 0 Å². The van der Waals surface area contributed by atoms with Crippen molar-refractivity contribution in [3.63, 3.8) is 0 Å². The second-order valence-corrected chi connectivity index (χ2v) is 6.03. The summed E-state index contributed by atoms with van der Waals surface area (Å²) >= 11 is 0. The van der Waals surface area contributed by atoms with E-state index in [9.17, 15) is 0 Å². The quantitative estimate of drug-likeness (QED) is 0.281. The maximum absolute atomic E-state index is 4.90. The zero-order valence-electron chi connectivity index (χ0n) is 13.9. The molecule has 2 nitrogen and oxygen atoms in total. The molecule has 127 valence electrons. The van der Waals surface area contributed by atoms with Gasteiger partial charge in [0.15, 0.2) is 0 Å². The van der Waals surface area contributed by atoms with Crippen LogP contribution in [-0.4, -0.2) is 9.55 Å². The molecule has 26 heavy (non-hydrogen) atoms. The van der Waals surface area contributed by atoms with Crippen molar-refractivity contribution >= 4 is 21.8 Å². The fourth-order valence-electron chi connectivity index (χ4n) is 3.39. The number of hydrogen-bond acceptors (Lipinski definition) is 1. The Labute approximate surface area is 165 Å². The van der Waals surface area contributed by atoms with E-state index in [1.54, 1.807) is 0 Å². The maximum atomic E-state index is 4.90. The first-order valence-electron chi connectivity index (χ1n) is 8.34. The van der Waals surface area contributed by atoms with Gasteiger partial charge < -0.3 is 4.57 Å². The molecule has 0 saturated carbocycles. The zero-order valence-corrected chi connectivity index (χ0v) is 16.3. The molecule has 0 aliphatic carbocycles. The molecule has 0 amide bonds. The van der Waals surface area contributed by atoms with Gasteiger partial charge >= 0.3 is 0 Å². The Morgan fingerprint density at radius 3 is 2.38 bits per heavy atom. The molecule has 5 rings (SSSR count). The molecule has 0 atom stereocenters. The van der Waals surface area contributed by atoms with Crippen molar-refractivity contribution in [2.24, 2.45) is 0 Å². The van der Waals surface area contributed by atoms with Crippen LogP contribution in [0.1, 0.15) is 0 Å². The topological polar surface area (TPSA) is 17.8 Å². The van der Waals surface area contributed by atoms with E-state index in [-0.39, 0.29) is 20.1 Å². The molecule has 0 N–H and O–H groups in total. The van der Waals surface area contributed by atoms with Gasteiger partial charge in [0.05, 0.1) is 16.9 Å². The molecular formula is C23H15IrN2-. The number of hydrogen-bond donors (Lipinski definition) is 0. The van der Waals surface area contributed by atoms with Crippen molar-refractivity contribution in [2.45, 2.75) is 0 Å². The van der Waals surface area contributed by atoms with Gasteiger partial charge in [-0.1, -0.05) is 48.5 Å². The van der Waals surface area contributed by atoms with E-state index in [1.165, 1.54) is 10.8 Å². The molecule has 0 fully saturated rings. The SMILES string of the molecule is [Ir].[c-]1ccccc1-c1nc2ccccc2n1-c1cccc2ccccc12. The third-order valence-electron chi connectivity index (χ3n) is 4.52. The molecule has 0 bridgehead atoms. The number of rotatable bonds is 2. The monoisotopic (exact) mass is 512 g/mol. The largest absolute Gasteiger partial charge is 0.333 e. The van der Waals surface area contributed by atoms with Crippen LogP contribution in [0, 0.1) is 6.07 Å². The molecule has 0 spiro atoms. The number of benzene rings is 4. The summed E-state index contributed by atoms with van der Waals surface area (Å²) in [7, 11) is 0. The minimum Gasteiger partial charge on any atom is -0.333 e.